The number of carbonyl (C=O) groups excluding carboxylic acids is 1. The molecule has 1 aliphatic heterocycles. The summed E-state index contributed by atoms with van der Waals surface area (Å²) in [6.07, 6.45) is -0.444. The second-order valence-electron chi connectivity index (χ2n) is 4.13. The number of furan rings is 1. The third kappa shape index (κ3) is 1.94. The number of hydrogen-bond acceptors (Lipinski definition) is 4. The molecule has 1 aromatic heterocycles. The lowest BCUT2D eigenvalue weighted by atomic mass is 10.1. The molecule has 0 atom stereocenters. The molecular formula is C13H12N2O3S. The van der Waals surface area contributed by atoms with Crippen LogP contribution in [0.1, 0.15) is 18.2 Å². The van der Waals surface area contributed by atoms with Crippen LogP contribution in [0.5, 0.6) is 0 Å². The number of fused-ring (bicyclic) bond motifs is 3. The molecule has 0 fully saturated rings. The van der Waals surface area contributed by atoms with Crippen molar-refractivity contribution in [2.75, 3.05) is 6.61 Å². The molecule has 0 bridgehead atoms. The molecule has 0 aliphatic carbocycles. The van der Waals surface area contributed by atoms with E-state index in [4.69, 9.17) is 21.4 Å². The van der Waals surface area contributed by atoms with Gasteiger partial charge in [0, 0.05) is 10.9 Å². The van der Waals surface area contributed by atoms with Crippen molar-refractivity contribution in [3.63, 3.8) is 0 Å². The average molecular weight is 276 g/mol. The van der Waals surface area contributed by atoms with Gasteiger partial charge in [0.2, 0.25) is 0 Å². The highest BCUT2D eigenvalue weighted by Gasteiger charge is 2.29. The highest BCUT2D eigenvalue weighted by Crippen LogP contribution is 2.29. The standard InChI is InChI=1S/C13H12N2O3S/c1-2-17-13(16)15-7-9-8-5-3-4-6-10(8)18-11(9)12(19)14-15/h3-6H,2,7H2,1H3,(H,14,19). The van der Waals surface area contributed by atoms with Gasteiger partial charge in [-0.3, -0.25) is 5.43 Å². The zero-order chi connectivity index (χ0) is 13.4. The van der Waals surface area contributed by atoms with E-state index in [1.165, 1.54) is 5.01 Å². The van der Waals surface area contributed by atoms with E-state index < -0.39 is 6.09 Å². The number of hydrazine groups is 1. The Morgan fingerprint density at radius 3 is 3.11 bits per heavy atom. The Bertz CT molecular complexity index is 665. The Kier molecular flexibility index (Phi) is 2.87. The van der Waals surface area contributed by atoms with Crippen LogP contribution < -0.4 is 5.43 Å². The molecule has 1 aromatic carbocycles. The molecular weight excluding hydrogens is 264 g/mol. The van der Waals surface area contributed by atoms with Gasteiger partial charge in [0.15, 0.2) is 10.7 Å². The second kappa shape index (κ2) is 4.55. The number of nitrogens with zero attached hydrogens (tertiary/aromatic N) is 1. The number of hydrogen-bond donors (Lipinski definition) is 1. The van der Waals surface area contributed by atoms with Gasteiger partial charge in [0.1, 0.15) is 5.58 Å². The van der Waals surface area contributed by atoms with Crippen LogP contribution >= 0.6 is 12.2 Å². The number of para-hydroxylation sites is 1. The van der Waals surface area contributed by atoms with E-state index in [0.29, 0.717) is 23.9 Å². The van der Waals surface area contributed by atoms with E-state index in [2.05, 4.69) is 5.43 Å². The van der Waals surface area contributed by atoms with Crippen molar-refractivity contribution < 1.29 is 13.9 Å². The zero-order valence-electron chi connectivity index (χ0n) is 10.3. The second-order valence-corrected chi connectivity index (χ2v) is 4.54. The van der Waals surface area contributed by atoms with Crippen molar-refractivity contribution in [3.8, 4) is 0 Å². The lowest BCUT2D eigenvalue weighted by molar-refractivity contribution is 0.0930. The van der Waals surface area contributed by atoms with Crippen molar-refractivity contribution in [1.82, 2.24) is 10.4 Å². The van der Waals surface area contributed by atoms with E-state index >= 15 is 0 Å². The molecule has 0 radical (unpaired) electrons. The SMILES string of the molecule is CCOC(=O)N1Cc2c(oc3ccccc23)C(=S)N1. The maximum Gasteiger partial charge on any atom is 0.428 e. The van der Waals surface area contributed by atoms with E-state index in [1.807, 2.05) is 24.3 Å². The summed E-state index contributed by atoms with van der Waals surface area (Å²) in [6.45, 7) is 2.45. The van der Waals surface area contributed by atoms with E-state index in [9.17, 15) is 4.79 Å². The minimum absolute atomic E-state index is 0.322. The summed E-state index contributed by atoms with van der Waals surface area (Å²) >= 11 is 5.23. The lowest BCUT2D eigenvalue weighted by Crippen LogP contribution is -2.48. The first-order valence-electron chi connectivity index (χ1n) is 5.96. The van der Waals surface area contributed by atoms with Crippen LogP contribution in [0.3, 0.4) is 0 Å². The number of benzene rings is 1. The predicted octanol–water partition coefficient (Wildman–Crippen LogP) is 2.58. The highest BCUT2D eigenvalue weighted by molar-refractivity contribution is 7.80. The molecule has 0 unspecified atom stereocenters. The molecule has 0 saturated carbocycles. The largest absolute Gasteiger partial charge is 0.453 e. The van der Waals surface area contributed by atoms with Crippen molar-refractivity contribution in [2.24, 2.45) is 0 Å². The molecule has 0 saturated heterocycles. The Morgan fingerprint density at radius 2 is 2.32 bits per heavy atom. The number of thiocarbonyl (C=S) groups is 1. The van der Waals surface area contributed by atoms with E-state index in [0.717, 1.165) is 16.5 Å². The van der Waals surface area contributed by atoms with Gasteiger partial charge in [-0.15, -0.1) is 0 Å². The smallest absolute Gasteiger partial charge is 0.428 e. The molecule has 5 nitrogen and oxygen atoms in total. The molecule has 1 aliphatic rings. The van der Waals surface area contributed by atoms with Crippen LogP contribution in [0.25, 0.3) is 11.0 Å². The van der Waals surface area contributed by atoms with Crippen LogP contribution in [-0.4, -0.2) is 22.7 Å². The Balaban J connectivity index is 2.03. The molecule has 1 N–H and O–H groups in total. The fraction of sp³-hybridized carbons (Fsp3) is 0.231. The van der Waals surface area contributed by atoms with Gasteiger partial charge in [-0.1, -0.05) is 30.4 Å². The van der Waals surface area contributed by atoms with Gasteiger partial charge in [-0.05, 0) is 13.0 Å². The van der Waals surface area contributed by atoms with Gasteiger partial charge in [0.25, 0.3) is 0 Å². The predicted molar refractivity (Wildman–Crippen MR) is 73.6 cm³/mol. The van der Waals surface area contributed by atoms with Crippen LogP contribution in [-0.2, 0) is 11.3 Å². The van der Waals surface area contributed by atoms with Gasteiger partial charge >= 0.3 is 6.09 Å². The summed E-state index contributed by atoms with van der Waals surface area (Å²) in [5.74, 6) is 0.622. The summed E-state index contributed by atoms with van der Waals surface area (Å²) in [5, 5.41) is 2.33. The summed E-state index contributed by atoms with van der Waals surface area (Å²) in [7, 11) is 0. The Labute approximate surface area is 115 Å². The first-order chi connectivity index (χ1) is 9.20. The summed E-state index contributed by atoms with van der Waals surface area (Å²) in [5.41, 5.74) is 4.49. The molecule has 98 valence electrons. The van der Waals surface area contributed by atoms with Crippen molar-refractivity contribution >= 4 is 34.3 Å². The fourth-order valence-electron chi connectivity index (χ4n) is 2.12. The average Bonchev–Trinajstić information content (AvgIpc) is 2.78. The summed E-state index contributed by atoms with van der Waals surface area (Å²) in [4.78, 5) is 12.2. The van der Waals surface area contributed by atoms with Crippen LogP contribution in [0.4, 0.5) is 4.79 Å². The van der Waals surface area contributed by atoms with E-state index in [-0.39, 0.29) is 0 Å². The van der Waals surface area contributed by atoms with Crippen molar-refractivity contribution in [3.05, 3.63) is 35.6 Å². The first-order valence-corrected chi connectivity index (χ1v) is 6.37. The lowest BCUT2D eigenvalue weighted by Gasteiger charge is -2.27. The quantitative estimate of drug-likeness (QED) is 0.811. The Morgan fingerprint density at radius 1 is 1.53 bits per heavy atom. The number of amides is 1. The topological polar surface area (TPSA) is 54.7 Å². The van der Waals surface area contributed by atoms with Gasteiger partial charge in [-0.2, -0.15) is 0 Å². The number of carbonyl (C=O) groups is 1. The summed E-state index contributed by atoms with van der Waals surface area (Å²) < 4.78 is 10.7. The van der Waals surface area contributed by atoms with Crippen molar-refractivity contribution in [1.29, 1.82) is 0 Å². The normalized spacial score (nSPS) is 14.2. The summed E-state index contributed by atoms with van der Waals surface area (Å²) in [6, 6.07) is 7.66. The minimum atomic E-state index is -0.444. The fourth-order valence-corrected chi connectivity index (χ4v) is 2.40. The molecule has 3 rings (SSSR count). The van der Waals surface area contributed by atoms with Gasteiger partial charge in [-0.25, -0.2) is 9.80 Å². The third-order valence-electron chi connectivity index (χ3n) is 2.95. The monoisotopic (exact) mass is 276 g/mol. The third-order valence-corrected chi connectivity index (χ3v) is 3.22. The molecule has 1 amide bonds. The Hall–Kier alpha value is -2.08. The maximum absolute atomic E-state index is 11.8. The van der Waals surface area contributed by atoms with Crippen LogP contribution in [0.15, 0.2) is 28.7 Å². The molecule has 19 heavy (non-hydrogen) atoms. The van der Waals surface area contributed by atoms with E-state index in [1.54, 1.807) is 6.92 Å². The van der Waals surface area contributed by atoms with Crippen LogP contribution in [0.2, 0.25) is 0 Å². The molecule has 2 aromatic rings. The first kappa shape index (κ1) is 12.0. The van der Waals surface area contributed by atoms with Gasteiger partial charge < -0.3 is 9.15 Å². The highest BCUT2D eigenvalue weighted by atomic mass is 32.1. The zero-order valence-corrected chi connectivity index (χ0v) is 11.1. The molecule has 2 heterocycles. The number of rotatable bonds is 1. The molecule has 0 spiro atoms. The number of ether oxygens (including phenoxy) is 1. The van der Waals surface area contributed by atoms with Crippen LogP contribution in [0, 0.1) is 0 Å². The molecule has 6 heteroatoms. The minimum Gasteiger partial charge on any atom is -0.453 e. The van der Waals surface area contributed by atoms with Crippen molar-refractivity contribution in [2.45, 2.75) is 13.5 Å². The number of nitrogens with one attached hydrogen (secondary N) is 1. The maximum atomic E-state index is 11.8. The van der Waals surface area contributed by atoms with Gasteiger partial charge in [0.05, 0.1) is 13.2 Å².